The fourth-order valence-corrected chi connectivity index (χ4v) is 2.64. The summed E-state index contributed by atoms with van der Waals surface area (Å²) in [7, 11) is 0. The molecule has 0 spiro atoms. The minimum atomic E-state index is 0.490. The molecule has 1 atom stereocenters. The lowest BCUT2D eigenvalue weighted by Gasteiger charge is -2.16. The van der Waals surface area contributed by atoms with Crippen molar-refractivity contribution in [2.24, 2.45) is 0 Å². The zero-order chi connectivity index (χ0) is 13.7. The molecule has 1 unspecified atom stereocenters. The van der Waals surface area contributed by atoms with E-state index in [1.54, 1.807) is 0 Å². The van der Waals surface area contributed by atoms with Crippen molar-refractivity contribution >= 4 is 22.5 Å². The van der Waals surface area contributed by atoms with Gasteiger partial charge in [-0.15, -0.1) is 11.6 Å². The number of hydrogen-bond donors (Lipinski definition) is 1. The second-order valence-corrected chi connectivity index (χ2v) is 5.28. The van der Waals surface area contributed by atoms with E-state index < -0.39 is 0 Å². The van der Waals surface area contributed by atoms with Crippen LogP contribution in [0.5, 0.6) is 0 Å². The van der Waals surface area contributed by atoms with Gasteiger partial charge in [0.1, 0.15) is 0 Å². The summed E-state index contributed by atoms with van der Waals surface area (Å²) in [4.78, 5) is 4.57. The Kier molecular flexibility index (Phi) is 5.17. The first-order valence-corrected chi connectivity index (χ1v) is 7.42. The Morgan fingerprint density at radius 3 is 2.84 bits per heavy atom. The highest BCUT2D eigenvalue weighted by molar-refractivity contribution is 6.17. The van der Waals surface area contributed by atoms with Crippen molar-refractivity contribution in [3.8, 4) is 0 Å². The highest BCUT2D eigenvalue weighted by Gasteiger charge is 2.07. The van der Waals surface area contributed by atoms with Gasteiger partial charge in [-0.05, 0) is 37.5 Å². The number of pyridine rings is 1. The van der Waals surface area contributed by atoms with Gasteiger partial charge in [-0.3, -0.25) is 4.98 Å². The molecule has 0 bridgehead atoms. The summed E-state index contributed by atoms with van der Waals surface area (Å²) in [5.74, 6) is 0.710. The molecule has 1 N–H and O–H groups in total. The lowest BCUT2D eigenvalue weighted by Crippen LogP contribution is -2.28. The van der Waals surface area contributed by atoms with Crippen LogP contribution in [0.15, 0.2) is 30.3 Å². The summed E-state index contributed by atoms with van der Waals surface area (Å²) in [6.07, 6.45) is 2.12. The zero-order valence-electron chi connectivity index (χ0n) is 11.6. The lowest BCUT2D eigenvalue weighted by atomic mass is 10.1. The molecule has 2 nitrogen and oxygen atoms in total. The van der Waals surface area contributed by atoms with Crippen LogP contribution in [-0.4, -0.2) is 16.9 Å². The number of para-hydroxylation sites is 1. The Balaban J connectivity index is 2.20. The number of rotatable bonds is 6. The molecule has 0 aliphatic heterocycles. The summed E-state index contributed by atoms with van der Waals surface area (Å²) in [6.45, 7) is 5.12. The second kappa shape index (κ2) is 6.88. The Bertz CT molecular complexity index is 539. The van der Waals surface area contributed by atoms with E-state index in [-0.39, 0.29) is 0 Å². The molecule has 2 rings (SSSR count). The highest BCUT2D eigenvalue weighted by Crippen LogP contribution is 2.18. The van der Waals surface area contributed by atoms with Gasteiger partial charge in [0.2, 0.25) is 0 Å². The first-order chi connectivity index (χ1) is 9.24. The maximum atomic E-state index is 5.83. The van der Waals surface area contributed by atoms with Gasteiger partial charge in [-0.25, -0.2) is 0 Å². The SMILES string of the molecule is CCC(CCCl)NCc1cc(C)nc2ccccc12. The molecule has 19 heavy (non-hydrogen) atoms. The third-order valence-electron chi connectivity index (χ3n) is 3.46. The lowest BCUT2D eigenvalue weighted by molar-refractivity contribution is 0.487. The van der Waals surface area contributed by atoms with Crippen LogP contribution in [0.3, 0.4) is 0 Å². The monoisotopic (exact) mass is 276 g/mol. The number of aryl methyl sites for hydroxylation is 1. The van der Waals surface area contributed by atoms with Crippen LogP contribution in [0, 0.1) is 6.92 Å². The molecule has 3 heteroatoms. The molecular weight excluding hydrogens is 256 g/mol. The third kappa shape index (κ3) is 3.68. The molecule has 0 aliphatic rings. The molecule has 1 aromatic heterocycles. The summed E-state index contributed by atoms with van der Waals surface area (Å²) in [6, 6.07) is 11.0. The number of nitrogens with one attached hydrogen (secondary N) is 1. The molecule has 0 fully saturated rings. The van der Waals surface area contributed by atoms with Crippen molar-refractivity contribution < 1.29 is 0 Å². The summed E-state index contributed by atoms with van der Waals surface area (Å²) in [5.41, 5.74) is 3.46. The van der Waals surface area contributed by atoms with E-state index in [0.717, 1.165) is 30.6 Å². The van der Waals surface area contributed by atoms with Gasteiger partial charge in [0.05, 0.1) is 5.52 Å². The van der Waals surface area contributed by atoms with E-state index in [1.807, 2.05) is 13.0 Å². The summed E-state index contributed by atoms with van der Waals surface area (Å²) < 4.78 is 0. The Labute approximate surface area is 120 Å². The van der Waals surface area contributed by atoms with Crippen molar-refractivity contribution in [2.45, 2.75) is 39.3 Å². The Morgan fingerprint density at radius 2 is 2.11 bits per heavy atom. The molecule has 0 saturated carbocycles. The van der Waals surface area contributed by atoms with Gasteiger partial charge in [0.15, 0.2) is 0 Å². The largest absolute Gasteiger partial charge is 0.310 e. The van der Waals surface area contributed by atoms with Gasteiger partial charge in [-0.1, -0.05) is 25.1 Å². The first kappa shape index (κ1) is 14.3. The number of aromatic nitrogens is 1. The molecule has 0 radical (unpaired) electrons. The van der Waals surface area contributed by atoms with Crippen molar-refractivity contribution in [3.63, 3.8) is 0 Å². The normalized spacial score (nSPS) is 12.8. The van der Waals surface area contributed by atoms with E-state index in [4.69, 9.17) is 11.6 Å². The molecular formula is C16H21ClN2. The number of halogens is 1. The topological polar surface area (TPSA) is 24.9 Å². The number of fused-ring (bicyclic) bond motifs is 1. The smallest absolute Gasteiger partial charge is 0.0708 e. The number of nitrogens with zero attached hydrogens (tertiary/aromatic N) is 1. The van der Waals surface area contributed by atoms with E-state index >= 15 is 0 Å². The first-order valence-electron chi connectivity index (χ1n) is 6.89. The van der Waals surface area contributed by atoms with Crippen molar-refractivity contribution in [2.75, 3.05) is 5.88 Å². The zero-order valence-corrected chi connectivity index (χ0v) is 12.4. The number of benzene rings is 1. The van der Waals surface area contributed by atoms with Crippen molar-refractivity contribution in [1.82, 2.24) is 10.3 Å². The number of alkyl halides is 1. The van der Waals surface area contributed by atoms with Gasteiger partial charge >= 0.3 is 0 Å². The van der Waals surface area contributed by atoms with Crippen molar-refractivity contribution in [1.29, 1.82) is 0 Å². The van der Waals surface area contributed by atoms with E-state index in [1.165, 1.54) is 10.9 Å². The quantitative estimate of drug-likeness (QED) is 0.806. The number of hydrogen-bond acceptors (Lipinski definition) is 2. The van der Waals surface area contributed by atoms with Crippen molar-refractivity contribution in [3.05, 3.63) is 41.6 Å². The maximum absolute atomic E-state index is 5.83. The van der Waals surface area contributed by atoms with Crippen LogP contribution in [-0.2, 0) is 6.54 Å². The van der Waals surface area contributed by atoms with Crippen LogP contribution in [0.2, 0.25) is 0 Å². The minimum Gasteiger partial charge on any atom is -0.310 e. The standard InChI is InChI=1S/C16H21ClN2/c1-3-14(8-9-17)18-11-13-10-12(2)19-16-7-5-4-6-15(13)16/h4-7,10,14,18H,3,8-9,11H2,1-2H3. The molecule has 2 aromatic rings. The van der Waals surface area contributed by atoms with Crippen LogP contribution in [0.25, 0.3) is 10.9 Å². The molecule has 1 aromatic carbocycles. The maximum Gasteiger partial charge on any atom is 0.0708 e. The molecule has 1 heterocycles. The van der Waals surface area contributed by atoms with Crippen LogP contribution < -0.4 is 5.32 Å². The minimum absolute atomic E-state index is 0.490. The summed E-state index contributed by atoms with van der Waals surface area (Å²) in [5, 5.41) is 4.83. The fourth-order valence-electron chi connectivity index (χ4n) is 2.38. The highest BCUT2D eigenvalue weighted by atomic mass is 35.5. The van der Waals surface area contributed by atoms with E-state index in [9.17, 15) is 0 Å². The van der Waals surface area contributed by atoms with E-state index in [0.29, 0.717) is 11.9 Å². The summed E-state index contributed by atoms with van der Waals surface area (Å²) >= 11 is 5.83. The Hall–Kier alpha value is -1.12. The van der Waals surface area contributed by atoms with Gasteiger partial charge in [0.25, 0.3) is 0 Å². The van der Waals surface area contributed by atoms with Gasteiger partial charge < -0.3 is 5.32 Å². The average molecular weight is 277 g/mol. The fraction of sp³-hybridized carbons (Fsp3) is 0.438. The van der Waals surface area contributed by atoms with E-state index in [2.05, 4.69) is 41.5 Å². The molecule has 0 aliphatic carbocycles. The Morgan fingerprint density at radius 1 is 1.32 bits per heavy atom. The predicted molar refractivity (Wildman–Crippen MR) is 82.7 cm³/mol. The van der Waals surface area contributed by atoms with Crippen LogP contribution in [0.4, 0.5) is 0 Å². The predicted octanol–water partition coefficient (Wildman–Crippen LogP) is 4.04. The van der Waals surface area contributed by atoms with Crippen LogP contribution in [0.1, 0.15) is 31.0 Å². The third-order valence-corrected chi connectivity index (χ3v) is 3.68. The van der Waals surface area contributed by atoms with Gasteiger partial charge in [0, 0.05) is 29.5 Å². The average Bonchev–Trinajstić information content (AvgIpc) is 2.43. The van der Waals surface area contributed by atoms with Crippen LogP contribution >= 0.6 is 11.6 Å². The molecule has 0 amide bonds. The molecule has 0 saturated heterocycles. The van der Waals surface area contributed by atoms with Gasteiger partial charge in [-0.2, -0.15) is 0 Å². The second-order valence-electron chi connectivity index (χ2n) is 4.90. The molecule has 102 valence electrons.